The van der Waals surface area contributed by atoms with Crippen LogP contribution in [0.4, 0.5) is 4.48 Å². The van der Waals surface area contributed by atoms with E-state index in [1.165, 1.54) is 0 Å². The van der Waals surface area contributed by atoms with E-state index in [0.29, 0.717) is 12.8 Å². The van der Waals surface area contributed by atoms with E-state index in [0.717, 1.165) is 6.20 Å². The van der Waals surface area contributed by atoms with Crippen LogP contribution in [-0.4, -0.2) is 11.0 Å². The number of allylic oxidation sites excluding steroid dienone is 1. The highest BCUT2D eigenvalue weighted by atomic mass is 19.2. The minimum absolute atomic E-state index is 0.115. The zero-order valence-electron chi connectivity index (χ0n) is 4.30. The quantitative estimate of drug-likeness (QED) is 0.431. The maximum absolute atomic E-state index is 12.0. The third kappa shape index (κ3) is 0.857. The highest BCUT2D eigenvalue weighted by Gasteiger charge is 2.11. The van der Waals surface area contributed by atoms with Crippen molar-refractivity contribution in [3.8, 4) is 0 Å². The van der Waals surface area contributed by atoms with Gasteiger partial charge in [0.05, 0.1) is 0 Å². The molecule has 1 aliphatic heterocycles. The fraction of sp³-hybridized carbons (Fsp3) is 0.400. The molecule has 0 aromatic heterocycles. The van der Waals surface area contributed by atoms with Crippen LogP contribution in [-0.2, 0) is 4.79 Å². The van der Waals surface area contributed by atoms with Crippen LogP contribution in [0.5, 0.6) is 0 Å². The first-order chi connectivity index (χ1) is 3.80. The van der Waals surface area contributed by atoms with Crippen LogP contribution in [0, 0.1) is 0 Å². The Balaban J connectivity index is 2.60. The average molecular weight is 115 g/mol. The molecule has 1 heterocycles. The third-order valence-corrected chi connectivity index (χ3v) is 0.999. The molecule has 1 aliphatic rings. The SMILES string of the molecule is O=C1CCC=CN1F. The molecular formula is C5H6FNO. The van der Waals surface area contributed by atoms with Crippen molar-refractivity contribution in [2.24, 2.45) is 0 Å². The molecule has 0 bridgehead atoms. The Labute approximate surface area is 46.5 Å². The van der Waals surface area contributed by atoms with Gasteiger partial charge in [-0.05, 0) is 6.42 Å². The smallest absolute Gasteiger partial charge is 0.254 e. The first kappa shape index (κ1) is 5.28. The number of nitrogens with zero attached hydrogens (tertiary/aromatic N) is 1. The van der Waals surface area contributed by atoms with E-state index in [2.05, 4.69) is 0 Å². The lowest BCUT2D eigenvalue weighted by molar-refractivity contribution is -0.140. The molecule has 0 atom stereocenters. The summed E-state index contributed by atoms with van der Waals surface area (Å²) in [7, 11) is 0. The minimum atomic E-state index is -0.451. The van der Waals surface area contributed by atoms with E-state index in [9.17, 15) is 9.28 Å². The molecule has 0 N–H and O–H groups in total. The Bertz CT molecular complexity index is 132. The molecule has 0 fully saturated rings. The Kier molecular flexibility index (Phi) is 1.28. The Morgan fingerprint density at radius 2 is 2.50 bits per heavy atom. The molecule has 2 nitrogen and oxygen atoms in total. The van der Waals surface area contributed by atoms with E-state index in [4.69, 9.17) is 0 Å². The van der Waals surface area contributed by atoms with Gasteiger partial charge >= 0.3 is 0 Å². The maximum atomic E-state index is 12.0. The van der Waals surface area contributed by atoms with E-state index < -0.39 is 5.91 Å². The number of carbonyl (C=O) groups is 1. The lowest BCUT2D eigenvalue weighted by Crippen LogP contribution is -2.18. The van der Waals surface area contributed by atoms with Crippen LogP contribution in [0.25, 0.3) is 0 Å². The zero-order valence-corrected chi connectivity index (χ0v) is 4.30. The highest BCUT2D eigenvalue weighted by Crippen LogP contribution is 2.06. The Hall–Kier alpha value is -0.860. The number of rotatable bonds is 0. The predicted molar refractivity (Wildman–Crippen MR) is 26.3 cm³/mol. The number of hydrogen-bond acceptors (Lipinski definition) is 1. The molecule has 0 saturated heterocycles. The van der Waals surface area contributed by atoms with Crippen LogP contribution in [0.15, 0.2) is 12.3 Å². The maximum Gasteiger partial charge on any atom is 0.254 e. The summed E-state index contributed by atoms with van der Waals surface area (Å²) in [5.41, 5.74) is 0. The van der Waals surface area contributed by atoms with Crippen molar-refractivity contribution in [3.05, 3.63) is 12.3 Å². The topological polar surface area (TPSA) is 20.3 Å². The lowest BCUT2D eigenvalue weighted by atomic mass is 10.2. The molecular weight excluding hydrogens is 109 g/mol. The van der Waals surface area contributed by atoms with Crippen molar-refractivity contribution in [1.82, 2.24) is 5.12 Å². The van der Waals surface area contributed by atoms with E-state index >= 15 is 0 Å². The molecule has 0 aromatic carbocycles. The normalized spacial score (nSPS) is 19.6. The van der Waals surface area contributed by atoms with Gasteiger partial charge in [-0.15, -0.1) is 0 Å². The summed E-state index contributed by atoms with van der Waals surface area (Å²) in [6.07, 6.45) is 3.74. The van der Waals surface area contributed by atoms with Gasteiger partial charge in [-0.3, -0.25) is 4.79 Å². The summed E-state index contributed by atoms with van der Waals surface area (Å²) < 4.78 is 12.0. The van der Waals surface area contributed by atoms with Gasteiger partial charge in [0.25, 0.3) is 5.91 Å². The molecule has 0 radical (unpaired) electrons. The van der Waals surface area contributed by atoms with Crippen LogP contribution in [0.1, 0.15) is 12.8 Å². The number of carbonyl (C=O) groups excluding carboxylic acids is 1. The highest BCUT2D eigenvalue weighted by molar-refractivity contribution is 5.76. The van der Waals surface area contributed by atoms with Crippen molar-refractivity contribution in [1.29, 1.82) is 0 Å². The molecule has 1 amide bonds. The number of halogens is 1. The Morgan fingerprint density at radius 3 is 2.88 bits per heavy atom. The van der Waals surface area contributed by atoms with E-state index in [1.807, 2.05) is 0 Å². The molecule has 44 valence electrons. The van der Waals surface area contributed by atoms with Gasteiger partial charge in [0.1, 0.15) is 0 Å². The van der Waals surface area contributed by atoms with Gasteiger partial charge in [0, 0.05) is 12.6 Å². The molecule has 0 unspecified atom stereocenters. The van der Waals surface area contributed by atoms with Crippen LogP contribution in [0.3, 0.4) is 0 Å². The fourth-order valence-electron chi connectivity index (χ4n) is 0.564. The van der Waals surface area contributed by atoms with Crippen molar-refractivity contribution >= 4 is 5.91 Å². The summed E-state index contributed by atoms with van der Waals surface area (Å²) in [6, 6.07) is 0. The summed E-state index contributed by atoms with van der Waals surface area (Å²) in [5, 5.41) is 0.115. The second-order valence-electron chi connectivity index (χ2n) is 1.63. The average Bonchev–Trinajstić information content (AvgIpc) is 1.77. The molecule has 3 heteroatoms. The first-order valence-corrected chi connectivity index (χ1v) is 2.45. The van der Waals surface area contributed by atoms with Crippen LogP contribution < -0.4 is 0 Å². The zero-order chi connectivity index (χ0) is 5.98. The first-order valence-electron chi connectivity index (χ1n) is 2.45. The molecule has 0 saturated carbocycles. The van der Waals surface area contributed by atoms with Gasteiger partial charge in [-0.2, -0.15) is 5.12 Å². The molecule has 0 aliphatic carbocycles. The van der Waals surface area contributed by atoms with Crippen molar-refractivity contribution < 1.29 is 9.28 Å². The number of hydrogen-bond donors (Lipinski definition) is 0. The largest absolute Gasteiger partial charge is 0.272 e. The third-order valence-electron chi connectivity index (χ3n) is 0.999. The van der Waals surface area contributed by atoms with Gasteiger partial charge in [0.15, 0.2) is 0 Å². The van der Waals surface area contributed by atoms with Crippen molar-refractivity contribution in [2.75, 3.05) is 0 Å². The van der Waals surface area contributed by atoms with Crippen molar-refractivity contribution in [2.45, 2.75) is 12.8 Å². The summed E-state index contributed by atoms with van der Waals surface area (Å²) in [5.74, 6) is -0.451. The lowest BCUT2D eigenvalue weighted by Gasteiger charge is -2.08. The standard InChI is InChI=1S/C5H6FNO/c6-7-4-2-1-3-5(7)8/h2,4H,1,3H2. The minimum Gasteiger partial charge on any atom is -0.272 e. The van der Waals surface area contributed by atoms with Gasteiger partial charge in [-0.1, -0.05) is 10.6 Å². The van der Waals surface area contributed by atoms with E-state index in [1.54, 1.807) is 6.08 Å². The molecule has 0 spiro atoms. The monoisotopic (exact) mass is 115 g/mol. The van der Waals surface area contributed by atoms with Gasteiger partial charge in [0.2, 0.25) is 0 Å². The summed E-state index contributed by atoms with van der Waals surface area (Å²) in [4.78, 5) is 10.3. The molecule has 1 rings (SSSR count). The van der Waals surface area contributed by atoms with Crippen LogP contribution >= 0.6 is 0 Å². The molecule has 0 aromatic rings. The van der Waals surface area contributed by atoms with Gasteiger partial charge in [-0.25, -0.2) is 0 Å². The number of amides is 1. The van der Waals surface area contributed by atoms with Crippen LogP contribution in [0.2, 0.25) is 0 Å². The van der Waals surface area contributed by atoms with Gasteiger partial charge < -0.3 is 0 Å². The summed E-state index contributed by atoms with van der Waals surface area (Å²) >= 11 is 0. The second kappa shape index (κ2) is 1.94. The molecule has 8 heavy (non-hydrogen) atoms. The second-order valence-corrected chi connectivity index (χ2v) is 1.63. The fourth-order valence-corrected chi connectivity index (χ4v) is 0.564. The Morgan fingerprint density at radius 1 is 1.75 bits per heavy atom. The van der Waals surface area contributed by atoms with Crippen molar-refractivity contribution in [3.63, 3.8) is 0 Å². The summed E-state index contributed by atoms with van der Waals surface area (Å²) in [6.45, 7) is 0. The van der Waals surface area contributed by atoms with E-state index in [-0.39, 0.29) is 5.12 Å². The predicted octanol–water partition coefficient (Wildman–Crippen LogP) is 1.01.